The molecule has 2 aliphatic heterocycles. The highest BCUT2D eigenvalue weighted by molar-refractivity contribution is 6.74. The molecule has 1 aromatic heterocycles. The molecule has 12 heteroatoms. The fourth-order valence-corrected chi connectivity index (χ4v) is 6.31. The van der Waals surface area contributed by atoms with Crippen LogP contribution in [-0.2, 0) is 27.9 Å². The number of nitrogens with zero attached hydrogens (tertiary/aromatic N) is 1. The van der Waals surface area contributed by atoms with Crippen molar-refractivity contribution in [2.75, 3.05) is 13.7 Å². The largest absolute Gasteiger partial charge is 0.467 e. The van der Waals surface area contributed by atoms with Crippen molar-refractivity contribution >= 4 is 22.6 Å². The van der Waals surface area contributed by atoms with Gasteiger partial charge in [0.1, 0.15) is 12.2 Å². The summed E-state index contributed by atoms with van der Waals surface area (Å²) in [6.07, 6.45) is -1.92. The van der Waals surface area contributed by atoms with E-state index in [0.717, 1.165) is 0 Å². The maximum atomic E-state index is 13.0. The van der Waals surface area contributed by atoms with Crippen LogP contribution in [0.2, 0.25) is 36.3 Å². The van der Waals surface area contributed by atoms with Crippen LogP contribution in [0.3, 0.4) is 0 Å². The SMILES string of the molecule is COC(=O)[C@@H]1O[C@]12[C@@H](CO[Si](C)(C)C(C)(C)C)O[C@@H](n1cc(C)c(=O)[nH]c1=O)[C@@H]2O[Si](C)(C)C(C)(C)C. The fourth-order valence-electron chi connectivity index (χ4n) is 4.02. The van der Waals surface area contributed by atoms with Crippen LogP contribution in [0.1, 0.15) is 53.3 Å². The average Bonchev–Trinajstić information content (AvgIpc) is 3.42. The second-order valence-electron chi connectivity index (χ2n) is 13.2. The highest BCUT2D eigenvalue weighted by Gasteiger charge is 2.77. The number of aromatic amines is 1. The van der Waals surface area contributed by atoms with Gasteiger partial charge in [0.15, 0.2) is 34.6 Å². The third-order valence-corrected chi connectivity index (χ3v) is 17.6. The predicted molar refractivity (Wildman–Crippen MR) is 145 cm³/mol. The molecule has 0 unspecified atom stereocenters. The molecule has 0 amide bonds. The Kier molecular flexibility index (Phi) is 7.74. The van der Waals surface area contributed by atoms with Gasteiger partial charge < -0.3 is 23.1 Å². The second-order valence-corrected chi connectivity index (χ2v) is 22.8. The van der Waals surface area contributed by atoms with Crippen molar-refractivity contribution in [3.8, 4) is 0 Å². The van der Waals surface area contributed by atoms with Gasteiger partial charge in [0.25, 0.3) is 5.56 Å². The molecule has 2 aliphatic rings. The number of methoxy groups -OCH3 is 1. The summed E-state index contributed by atoms with van der Waals surface area (Å²) in [7, 11) is -3.34. The lowest BCUT2D eigenvalue weighted by atomic mass is 9.94. The molecule has 3 heterocycles. The molecule has 2 fully saturated rings. The van der Waals surface area contributed by atoms with E-state index in [0.29, 0.717) is 5.56 Å². The number of aromatic nitrogens is 2. The van der Waals surface area contributed by atoms with Gasteiger partial charge in [-0.15, -0.1) is 0 Å². The van der Waals surface area contributed by atoms with Gasteiger partial charge in [-0.25, -0.2) is 9.59 Å². The summed E-state index contributed by atoms with van der Waals surface area (Å²) in [6, 6.07) is 0. The quantitative estimate of drug-likeness (QED) is 0.308. The molecule has 1 N–H and O–H groups in total. The van der Waals surface area contributed by atoms with Crippen molar-refractivity contribution in [1.29, 1.82) is 0 Å². The Labute approximate surface area is 221 Å². The molecule has 5 atom stereocenters. The number of aryl methyl sites for hydroxylation is 1. The number of carbonyl (C=O) groups excluding carboxylic acids is 1. The Morgan fingerprint density at radius 2 is 1.65 bits per heavy atom. The molecule has 210 valence electrons. The number of H-pyrrole nitrogens is 1. The van der Waals surface area contributed by atoms with Crippen LogP contribution < -0.4 is 11.2 Å². The summed E-state index contributed by atoms with van der Waals surface area (Å²) in [6.45, 7) is 23.0. The lowest BCUT2D eigenvalue weighted by Crippen LogP contribution is -2.53. The third kappa shape index (κ3) is 5.33. The van der Waals surface area contributed by atoms with E-state index in [1.54, 1.807) is 6.92 Å². The van der Waals surface area contributed by atoms with Crippen molar-refractivity contribution < 1.29 is 27.9 Å². The number of esters is 1. The van der Waals surface area contributed by atoms with Crippen LogP contribution in [0, 0.1) is 6.92 Å². The molecule has 0 saturated carbocycles. The van der Waals surface area contributed by atoms with Crippen LogP contribution in [0.5, 0.6) is 0 Å². The van der Waals surface area contributed by atoms with Crippen molar-refractivity contribution in [3.63, 3.8) is 0 Å². The first-order valence-corrected chi connectivity index (χ1v) is 18.6. The topological polar surface area (TPSA) is 121 Å². The minimum absolute atomic E-state index is 0.0473. The van der Waals surface area contributed by atoms with Gasteiger partial charge in [-0.3, -0.25) is 14.3 Å². The van der Waals surface area contributed by atoms with Gasteiger partial charge in [0.05, 0.1) is 13.7 Å². The Morgan fingerprint density at radius 1 is 1.08 bits per heavy atom. The first-order chi connectivity index (χ1) is 16.7. The highest BCUT2D eigenvalue weighted by Crippen LogP contribution is 2.57. The Morgan fingerprint density at radius 3 is 2.16 bits per heavy atom. The van der Waals surface area contributed by atoms with Crippen LogP contribution in [-0.4, -0.2) is 69.8 Å². The summed E-state index contributed by atoms with van der Waals surface area (Å²) < 4.78 is 32.4. The van der Waals surface area contributed by atoms with Crippen molar-refractivity contribution in [1.82, 2.24) is 9.55 Å². The molecule has 0 bridgehead atoms. The number of hydrogen-bond acceptors (Lipinski definition) is 8. The van der Waals surface area contributed by atoms with Gasteiger partial charge in [-0.1, -0.05) is 41.5 Å². The molecule has 0 aliphatic carbocycles. The van der Waals surface area contributed by atoms with E-state index in [2.05, 4.69) is 72.7 Å². The van der Waals surface area contributed by atoms with E-state index in [4.69, 9.17) is 23.1 Å². The Balaban J connectivity index is 2.13. The molecular formula is C25H44N2O8Si2. The van der Waals surface area contributed by atoms with Crippen LogP contribution in [0.25, 0.3) is 0 Å². The molecule has 10 nitrogen and oxygen atoms in total. The zero-order chi connectivity index (χ0) is 28.4. The van der Waals surface area contributed by atoms with Crippen molar-refractivity contribution in [3.05, 3.63) is 32.6 Å². The summed E-state index contributed by atoms with van der Waals surface area (Å²) in [5.74, 6) is -0.532. The maximum absolute atomic E-state index is 13.0. The third-order valence-electron chi connectivity index (χ3n) is 8.65. The minimum Gasteiger partial charge on any atom is -0.467 e. The summed E-state index contributed by atoms with van der Waals surface area (Å²) in [5, 5.41) is -0.218. The molecule has 1 aromatic rings. The number of carbonyl (C=O) groups is 1. The average molecular weight is 557 g/mol. The van der Waals surface area contributed by atoms with Gasteiger partial charge in [0, 0.05) is 11.8 Å². The Bertz CT molecular complexity index is 1150. The van der Waals surface area contributed by atoms with Crippen molar-refractivity contribution in [2.45, 2.75) is 115 Å². The number of hydrogen-bond donors (Lipinski definition) is 1. The first kappa shape index (κ1) is 30.0. The predicted octanol–water partition coefficient (Wildman–Crippen LogP) is 3.47. The van der Waals surface area contributed by atoms with E-state index < -0.39 is 64.0 Å². The van der Waals surface area contributed by atoms with E-state index in [-0.39, 0.29) is 16.7 Å². The van der Waals surface area contributed by atoms with Crippen molar-refractivity contribution in [2.24, 2.45) is 0 Å². The summed E-state index contributed by atoms with van der Waals surface area (Å²) >= 11 is 0. The standard InChI is InChI=1S/C25H44N2O8Si2/c1-15-13-27(22(30)26-19(15)28)20-17(35-37(11,12)24(5,6)7)25(18(34-25)21(29)31-8)16(33-20)14-32-36(9,10)23(2,3)4/h13,16-18,20H,14H2,1-12H3,(H,26,28,30)/t16-,17+,18+,20-,25+/m1/s1. The van der Waals surface area contributed by atoms with Crippen LogP contribution >= 0.6 is 0 Å². The van der Waals surface area contributed by atoms with E-state index >= 15 is 0 Å². The number of rotatable bonds is 7. The number of nitrogens with one attached hydrogen (secondary N) is 1. The zero-order valence-electron chi connectivity index (χ0n) is 24.3. The maximum Gasteiger partial charge on any atom is 0.338 e. The van der Waals surface area contributed by atoms with Gasteiger partial charge in [-0.05, 0) is 43.2 Å². The number of ether oxygens (including phenoxy) is 3. The van der Waals surface area contributed by atoms with Crippen LogP contribution in [0.4, 0.5) is 0 Å². The summed E-state index contributed by atoms with van der Waals surface area (Å²) in [4.78, 5) is 40.2. The fraction of sp³-hybridized carbons (Fsp3) is 0.800. The van der Waals surface area contributed by atoms with E-state index in [1.807, 2.05) is 0 Å². The first-order valence-electron chi connectivity index (χ1n) is 12.7. The van der Waals surface area contributed by atoms with Crippen LogP contribution in [0.15, 0.2) is 15.8 Å². The minimum atomic E-state index is -2.46. The highest BCUT2D eigenvalue weighted by atomic mass is 28.4. The van der Waals surface area contributed by atoms with Gasteiger partial charge in [0.2, 0.25) is 0 Å². The molecule has 0 radical (unpaired) electrons. The number of epoxide rings is 1. The van der Waals surface area contributed by atoms with Gasteiger partial charge >= 0.3 is 11.7 Å². The molecule has 2 saturated heterocycles. The molecule has 1 spiro atoms. The monoisotopic (exact) mass is 556 g/mol. The molecule has 0 aromatic carbocycles. The second kappa shape index (κ2) is 9.56. The zero-order valence-corrected chi connectivity index (χ0v) is 26.3. The molecule has 37 heavy (non-hydrogen) atoms. The Hall–Kier alpha value is -1.58. The normalized spacial score (nSPS) is 28.5. The molecular weight excluding hydrogens is 512 g/mol. The molecule has 3 rings (SSSR count). The van der Waals surface area contributed by atoms with Gasteiger partial charge in [-0.2, -0.15) is 0 Å². The smallest absolute Gasteiger partial charge is 0.338 e. The van der Waals surface area contributed by atoms with E-state index in [1.165, 1.54) is 17.9 Å². The lowest BCUT2D eigenvalue weighted by molar-refractivity contribution is -0.142. The lowest BCUT2D eigenvalue weighted by Gasteiger charge is -2.40. The summed E-state index contributed by atoms with van der Waals surface area (Å²) in [5.41, 5.74) is -1.94. The van der Waals surface area contributed by atoms with E-state index in [9.17, 15) is 14.4 Å².